The van der Waals surface area contributed by atoms with Crippen molar-refractivity contribution >= 4 is 15.7 Å². The molecular formula is C15H28N2O3S. The van der Waals surface area contributed by atoms with Gasteiger partial charge in [-0.2, -0.15) is 0 Å². The van der Waals surface area contributed by atoms with E-state index >= 15 is 0 Å². The summed E-state index contributed by atoms with van der Waals surface area (Å²) in [5.41, 5.74) is 0. The van der Waals surface area contributed by atoms with E-state index in [-0.39, 0.29) is 29.8 Å². The van der Waals surface area contributed by atoms with Crippen molar-refractivity contribution in [1.82, 2.24) is 10.2 Å². The van der Waals surface area contributed by atoms with Crippen LogP contribution >= 0.6 is 0 Å². The molecule has 5 nitrogen and oxygen atoms in total. The molecule has 122 valence electrons. The van der Waals surface area contributed by atoms with Gasteiger partial charge in [0, 0.05) is 12.8 Å². The van der Waals surface area contributed by atoms with Crippen molar-refractivity contribution < 1.29 is 13.2 Å². The lowest BCUT2D eigenvalue weighted by atomic mass is 9.99. The summed E-state index contributed by atoms with van der Waals surface area (Å²) in [7, 11) is -3.05. The van der Waals surface area contributed by atoms with Crippen molar-refractivity contribution in [3.63, 3.8) is 0 Å². The summed E-state index contributed by atoms with van der Waals surface area (Å²) in [6, 6.07) is -0.153. The van der Waals surface area contributed by atoms with Crippen molar-refractivity contribution in [3.8, 4) is 0 Å². The molecule has 0 aromatic carbocycles. The van der Waals surface area contributed by atoms with Crippen molar-refractivity contribution in [2.75, 3.05) is 18.6 Å². The van der Waals surface area contributed by atoms with Crippen LogP contribution in [0.4, 0.5) is 0 Å². The van der Waals surface area contributed by atoms with E-state index in [4.69, 9.17) is 0 Å². The van der Waals surface area contributed by atoms with Crippen LogP contribution in [0.2, 0.25) is 0 Å². The maximum atomic E-state index is 12.7. The van der Waals surface area contributed by atoms with Crippen LogP contribution < -0.4 is 5.32 Å². The lowest BCUT2D eigenvalue weighted by Crippen LogP contribution is -2.44. The first-order chi connectivity index (χ1) is 9.83. The Labute approximate surface area is 128 Å². The quantitative estimate of drug-likeness (QED) is 0.804. The van der Waals surface area contributed by atoms with Crippen molar-refractivity contribution in [3.05, 3.63) is 0 Å². The van der Waals surface area contributed by atoms with Gasteiger partial charge in [0.15, 0.2) is 0 Å². The molecule has 2 rings (SSSR count). The smallest absolute Gasteiger partial charge is 0.241 e. The van der Waals surface area contributed by atoms with Gasteiger partial charge in [0.2, 0.25) is 5.91 Å². The Bertz CT molecular complexity index is 471. The van der Waals surface area contributed by atoms with Crippen molar-refractivity contribution in [1.29, 1.82) is 0 Å². The zero-order chi connectivity index (χ0) is 15.6. The number of carbonyl (C=O) groups is 1. The minimum absolute atomic E-state index is 0.0285. The summed E-state index contributed by atoms with van der Waals surface area (Å²) in [5, 5.41) is 3.50. The van der Waals surface area contributed by atoms with Crippen LogP contribution in [-0.4, -0.2) is 50.0 Å². The molecule has 1 aliphatic heterocycles. The summed E-state index contributed by atoms with van der Waals surface area (Å²) in [6.07, 6.45) is 6.90. The number of sulfone groups is 1. The Morgan fingerprint density at radius 3 is 2.48 bits per heavy atom. The SMILES string of the molecule is CCC(C)C1NC(C2CCCC2)N(CCS(C)(=O)=O)C1=O. The number of nitrogens with one attached hydrogen (secondary N) is 1. The molecule has 0 aromatic rings. The topological polar surface area (TPSA) is 66.5 Å². The summed E-state index contributed by atoms with van der Waals surface area (Å²) in [6.45, 7) is 4.49. The summed E-state index contributed by atoms with van der Waals surface area (Å²) < 4.78 is 22.9. The molecule has 0 radical (unpaired) electrons. The van der Waals surface area contributed by atoms with E-state index in [0.717, 1.165) is 19.3 Å². The average Bonchev–Trinajstić information content (AvgIpc) is 3.02. The highest BCUT2D eigenvalue weighted by Crippen LogP contribution is 2.33. The van der Waals surface area contributed by atoms with Crippen LogP contribution in [-0.2, 0) is 14.6 Å². The highest BCUT2D eigenvalue weighted by atomic mass is 32.2. The Morgan fingerprint density at radius 2 is 1.95 bits per heavy atom. The first-order valence-electron chi connectivity index (χ1n) is 8.07. The Kier molecular flexibility index (Phi) is 5.30. The second-order valence-electron chi connectivity index (χ2n) is 6.68. The Hall–Kier alpha value is -0.620. The van der Waals surface area contributed by atoms with Gasteiger partial charge in [-0.25, -0.2) is 8.42 Å². The van der Waals surface area contributed by atoms with Gasteiger partial charge < -0.3 is 4.90 Å². The largest absolute Gasteiger partial charge is 0.324 e. The normalized spacial score (nSPS) is 29.3. The van der Waals surface area contributed by atoms with Crippen LogP contribution in [0.1, 0.15) is 46.0 Å². The standard InChI is InChI=1S/C15H28N2O3S/c1-4-11(2)13-15(18)17(9-10-21(3,19)20)14(16-13)12-7-5-6-8-12/h11-14,16H,4-10H2,1-3H3. The molecule has 0 bridgehead atoms. The third-order valence-corrected chi connectivity index (χ3v) is 5.92. The van der Waals surface area contributed by atoms with Gasteiger partial charge in [-0.15, -0.1) is 0 Å². The Morgan fingerprint density at radius 1 is 1.33 bits per heavy atom. The fraction of sp³-hybridized carbons (Fsp3) is 0.933. The van der Waals surface area contributed by atoms with Gasteiger partial charge in [-0.05, 0) is 24.7 Å². The van der Waals surface area contributed by atoms with E-state index < -0.39 is 9.84 Å². The summed E-state index contributed by atoms with van der Waals surface area (Å²) in [4.78, 5) is 14.5. The zero-order valence-electron chi connectivity index (χ0n) is 13.3. The number of amides is 1. The Balaban J connectivity index is 2.12. The van der Waals surface area contributed by atoms with E-state index in [1.165, 1.54) is 19.1 Å². The molecule has 3 atom stereocenters. The predicted molar refractivity (Wildman–Crippen MR) is 83.5 cm³/mol. The van der Waals surface area contributed by atoms with Gasteiger partial charge in [-0.3, -0.25) is 10.1 Å². The van der Waals surface area contributed by atoms with E-state index in [1.54, 1.807) is 4.90 Å². The maximum Gasteiger partial charge on any atom is 0.241 e. The van der Waals surface area contributed by atoms with Crippen molar-refractivity contribution in [2.45, 2.75) is 58.2 Å². The van der Waals surface area contributed by atoms with E-state index in [1.807, 2.05) is 0 Å². The number of nitrogens with zero attached hydrogens (tertiary/aromatic N) is 1. The predicted octanol–water partition coefficient (Wildman–Crippen LogP) is 1.39. The fourth-order valence-electron chi connectivity index (χ4n) is 3.48. The molecule has 1 amide bonds. The first kappa shape index (κ1) is 16.7. The second-order valence-corrected chi connectivity index (χ2v) is 8.94. The monoisotopic (exact) mass is 316 g/mol. The van der Waals surface area contributed by atoms with Gasteiger partial charge in [0.25, 0.3) is 0 Å². The zero-order valence-corrected chi connectivity index (χ0v) is 14.2. The van der Waals surface area contributed by atoms with Gasteiger partial charge in [0.05, 0.1) is 18.0 Å². The fourth-order valence-corrected chi connectivity index (χ4v) is 4.01. The summed E-state index contributed by atoms with van der Waals surface area (Å²) >= 11 is 0. The molecule has 1 heterocycles. The van der Waals surface area contributed by atoms with Crippen LogP contribution in [0.15, 0.2) is 0 Å². The molecule has 3 unspecified atom stereocenters. The average molecular weight is 316 g/mol. The van der Waals surface area contributed by atoms with Gasteiger partial charge in [-0.1, -0.05) is 33.1 Å². The van der Waals surface area contributed by atoms with E-state index in [2.05, 4.69) is 19.2 Å². The third-order valence-electron chi connectivity index (χ3n) is 5.00. The maximum absolute atomic E-state index is 12.7. The number of rotatable bonds is 6. The number of carbonyl (C=O) groups excluding carboxylic acids is 1. The number of hydrogen-bond acceptors (Lipinski definition) is 4. The molecule has 2 aliphatic rings. The minimum Gasteiger partial charge on any atom is -0.324 e. The van der Waals surface area contributed by atoms with Crippen LogP contribution in [0.25, 0.3) is 0 Å². The highest BCUT2D eigenvalue weighted by Gasteiger charge is 2.44. The van der Waals surface area contributed by atoms with Gasteiger partial charge >= 0.3 is 0 Å². The summed E-state index contributed by atoms with van der Waals surface area (Å²) in [5.74, 6) is 0.897. The number of hydrogen-bond donors (Lipinski definition) is 1. The molecular weight excluding hydrogens is 288 g/mol. The third kappa shape index (κ3) is 3.97. The molecule has 21 heavy (non-hydrogen) atoms. The molecule has 6 heteroatoms. The molecule has 1 N–H and O–H groups in total. The minimum atomic E-state index is -3.05. The highest BCUT2D eigenvalue weighted by molar-refractivity contribution is 7.90. The lowest BCUT2D eigenvalue weighted by molar-refractivity contribution is -0.131. The molecule has 1 saturated carbocycles. The second kappa shape index (κ2) is 6.65. The molecule has 0 aromatic heterocycles. The van der Waals surface area contributed by atoms with Crippen molar-refractivity contribution in [2.24, 2.45) is 11.8 Å². The van der Waals surface area contributed by atoms with E-state index in [0.29, 0.717) is 12.5 Å². The van der Waals surface area contributed by atoms with Crippen LogP contribution in [0, 0.1) is 11.8 Å². The lowest BCUT2D eigenvalue weighted by Gasteiger charge is -2.28. The van der Waals surface area contributed by atoms with Crippen LogP contribution in [0.5, 0.6) is 0 Å². The first-order valence-corrected chi connectivity index (χ1v) is 10.1. The van der Waals surface area contributed by atoms with Crippen LogP contribution in [0.3, 0.4) is 0 Å². The van der Waals surface area contributed by atoms with E-state index in [9.17, 15) is 13.2 Å². The molecule has 1 saturated heterocycles. The molecule has 0 spiro atoms. The van der Waals surface area contributed by atoms with Gasteiger partial charge in [0.1, 0.15) is 9.84 Å². The molecule has 1 aliphatic carbocycles. The molecule has 2 fully saturated rings.